The highest BCUT2D eigenvalue weighted by atomic mass is 32.1. The summed E-state index contributed by atoms with van der Waals surface area (Å²) in [6.45, 7) is 4.81. The van der Waals surface area contributed by atoms with Gasteiger partial charge in [0.25, 0.3) is 5.91 Å². The predicted molar refractivity (Wildman–Crippen MR) is 56.1 cm³/mol. The molecule has 1 heterocycles. The zero-order chi connectivity index (χ0) is 10.7. The van der Waals surface area contributed by atoms with Crippen LogP contribution in [0.4, 0.5) is 5.13 Å². The molecule has 0 saturated carbocycles. The van der Waals surface area contributed by atoms with Crippen LogP contribution in [0.15, 0.2) is 0 Å². The van der Waals surface area contributed by atoms with Gasteiger partial charge in [-0.2, -0.15) is 0 Å². The first-order chi connectivity index (χ1) is 6.50. The third-order valence-electron chi connectivity index (χ3n) is 1.61. The van der Waals surface area contributed by atoms with Gasteiger partial charge in [-0.15, -0.1) is 10.2 Å². The number of amides is 1. The molecular formula is C8H14N4OS. The van der Waals surface area contributed by atoms with E-state index in [-0.39, 0.29) is 5.91 Å². The molecule has 0 radical (unpaired) electrons. The van der Waals surface area contributed by atoms with E-state index in [1.54, 1.807) is 11.9 Å². The van der Waals surface area contributed by atoms with Gasteiger partial charge in [-0.05, 0) is 5.92 Å². The van der Waals surface area contributed by atoms with Gasteiger partial charge in [0.05, 0.1) is 0 Å². The molecule has 0 aliphatic heterocycles. The third-order valence-corrected chi connectivity index (χ3v) is 2.35. The van der Waals surface area contributed by atoms with E-state index >= 15 is 0 Å². The molecule has 6 heteroatoms. The lowest BCUT2D eigenvalue weighted by atomic mass is 10.2. The molecule has 1 amide bonds. The number of anilines is 1. The van der Waals surface area contributed by atoms with E-state index in [4.69, 9.17) is 5.73 Å². The Morgan fingerprint density at radius 2 is 2.21 bits per heavy atom. The molecule has 1 aromatic rings. The summed E-state index contributed by atoms with van der Waals surface area (Å²) in [4.78, 5) is 13.3. The number of nitrogens with two attached hydrogens (primary N) is 1. The lowest BCUT2D eigenvalue weighted by Gasteiger charge is -2.17. The second kappa shape index (κ2) is 4.36. The van der Waals surface area contributed by atoms with Crippen molar-refractivity contribution >= 4 is 22.4 Å². The number of nitrogens with zero attached hydrogens (tertiary/aromatic N) is 3. The van der Waals surface area contributed by atoms with Crippen LogP contribution in [-0.4, -0.2) is 34.6 Å². The molecule has 0 aromatic carbocycles. The maximum Gasteiger partial charge on any atom is 0.284 e. The van der Waals surface area contributed by atoms with Crippen molar-refractivity contribution in [3.8, 4) is 0 Å². The second-order valence-corrected chi connectivity index (χ2v) is 4.53. The van der Waals surface area contributed by atoms with Crippen molar-refractivity contribution in [3.05, 3.63) is 5.01 Å². The van der Waals surface area contributed by atoms with Crippen LogP contribution in [0, 0.1) is 5.92 Å². The van der Waals surface area contributed by atoms with Gasteiger partial charge in [0.15, 0.2) is 0 Å². The van der Waals surface area contributed by atoms with E-state index < -0.39 is 0 Å². The molecular weight excluding hydrogens is 200 g/mol. The van der Waals surface area contributed by atoms with Crippen molar-refractivity contribution in [2.24, 2.45) is 5.92 Å². The smallest absolute Gasteiger partial charge is 0.284 e. The van der Waals surface area contributed by atoms with Crippen molar-refractivity contribution in [3.63, 3.8) is 0 Å². The fourth-order valence-corrected chi connectivity index (χ4v) is 1.72. The van der Waals surface area contributed by atoms with Crippen molar-refractivity contribution in [1.82, 2.24) is 15.1 Å². The fourth-order valence-electron chi connectivity index (χ4n) is 1.11. The van der Waals surface area contributed by atoms with Crippen LogP contribution in [0.25, 0.3) is 0 Å². The average molecular weight is 214 g/mol. The summed E-state index contributed by atoms with van der Waals surface area (Å²) in [5, 5.41) is 7.97. The quantitative estimate of drug-likeness (QED) is 0.809. The van der Waals surface area contributed by atoms with Gasteiger partial charge in [0, 0.05) is 13.6 Å². The highest BCUT2D eigenvalue weighted by molar-refractivity contribution is 7.16. The molecule has 1 aromatic heterocycles. The van der Waals surface area contributed by atoms with Crippen LogP contribution in [-0.2, 0) is 0 Å². The summed E-state index contributed by atoms with van der Waals surface area (Å²) in [7, 11) is 1.75. The van der Waals surface area contributed by atoms with Crippen molar-refractivity contribution in [2.75, 3.05) is 19.3 Å². The van der Waals surface area contributed by atoms with Crippen LogP contribution < -0.4 is 5.73 Å². The van der Waals surface area contributed by atoms with Gasteiger partial charge in [-0.1, -0.05) is 25.2 Å². The number of hydrogen-bond acceptors (Lipinski definition) is 5. The van der Waals surface area contributed by atoms with Gasteiger partial charge in [-0.3, -0.25) is 4.79 Å². The molecule has 2 N–H and O–H groups in total. The lowest BCUT2D eigenvalue weighted by Crippen LogP contribution is -2.30. The lowest BCUT2D eigenvalue weighted by molar-refractivity contribution is 0.0778. The largest absolute Gasteiger partial charge is 0.374 e. The molecule has 78 valence electrons. The zero-order valence-corrected chi connectivity index (χ0v) is 9.34. The van der Waals surface area contributed by atoms with E-state index in [1.807, 2.05) is 0 Å². The van der Waals surface area contributed by atoms with E-state index in [0.29, 0.717) is 22.6 Å². The molecule has 14 heavy (non-hydrogen) atoms. The first-order valence-electron chi connectivity index (χ1n) is 4.35. The Morgan fingerprint density at radius 1 is 1.57 bits per heavy atom. The maximum atomic E-state index is 11.7. The Hall–Kier alpha value is -1.17. The number of carbonyl (C=O) groups is 1. The highest BCUT2D eigenvalue weighted by Gasteiger charge is 2.16. The SMILES string of the molecule is CC(C)CN(C)C(=O)c1nnc(N)s1. The number of carbonyl (C=O) groups excluding carboxylic acids is 1. The van der Waals surface area contributed by atoms with Crippen LogP contribution in [0.3, 0.4) is 0 Å². The molecule has 0 fully saturated rings. The van der Waals surface area contributed by atoms with Gasteiger partial charge in [0.1, 0.15) is 0 Å². The second-order valence-electron chi connectivity index (χ2n) is 3.52. The fraction of sp³-hybridized carbons (Fsp3) is 0.625. The number of aromatic nitrogens is 2. The zero-order valence-electron chi connectivity index (χ0n) is 8.52. The van der Waals surface area contributed by atoms with Gasteiger partial charge >= 0.3 is 0 Å². The van der Waals surface area contributed by atoms with Crippen molar-refractivity contribution < 1.29 is 4.79 Å². The van der Waals surface area contributed by atoms with Crippen LogP contribution in [0.2, 0.25) is 0 Å². The van der Waals surface area contributed by atoms with Crippen molar-refractivity contribution in [2.45, 2.75) is 13.8 Å². The Balaban J connectivity index is 2.65. The van der Waals surface area contributed by atoms with E-state index in [0.717, 1.165) is 11.3 Å². The molecule has 0 spiro atoms. The molecule has 0 unspecified atom stereocenters. The predicted octanol–water partition coefficient (Wildman–Crippen LogP) is 0.848. The summed E-state index contributed by atoms with van der Waals surface area (Å²) in [6, 6.07) is 0. The van der Waals surface area contributed by atoms with E-state index in [9.17, 15) is 4.79 Å². The summed E-state index contributed by atoms with van der Waals surface area (Å²) in [5.41, 5.74) is 5.39. The van der Waals surface area contributed by atoms with Gasteiger partial charge in [-0.25, -0.2) is 0 Å². The molecule has 1 rings (SSSR count). The Morgan fingerprint density at radius 3 is 2.64 bits per heavy atom. The topological polar surface area (TPSA) is 72.1 Å². The van der Waals surface area contributed by atoms with Crippen LogP contribution >= 0.6 is 11.3 Å². The van der Waals surface area contributed by atoms with Crippen LogP contribution in [0.5, 0.6) is 0 Å². The van der Waals surface area contributed by atoms with Gasteiger partial charge in [0.2, 0.25) is 10.1 Å². The van der Waals surface area contributed by atoms with E-state index in [2.05, 4.69) is 24.0 Å². The minimum atomic E-state index is -0.118. The number of nitrogen functional groups attached to an aromatic ring is 1. The maximum absolute atomic E-state index is 11.7. The first-order valence-corrected chi connectivity index (χ1v) is 5.16. The minimum absolute atomic E-state index is 0.118. The Bertz CT molecular complexity index is 323. The summed E-state index contributed by atoms with van der Waals surface area (Å²) in [6.07, 6.45) is 0. The normalized spacial score (nSPS) is 10.6. The molecule has 0 saturated heterocycles. The molecule has 0 atom stereocenters. The number of hydrogen-bond donors (Lipinski definition) is 1. The molecule has 5 nitrogen and oxygen atoms in total. The summed E-state index contributed by atoms with van der Waals surface area (Å²) >= 11 is 1.12. The molecule has 0 bridgehead atoms. The number of rotatable bonds is 3. The average Bonchev–Trinajstić information content (AvgIpc) is 2.49. The molecule has 0 aliphatic rings. The van der Waals surface area contributed by atoms with Gasteiger partial charge < -0.3 is 10.6 Å². The first kappa shape index (κ1) is 10.9. The monoisotopic (exact) mass is 214 g/mol. The standard InChI is InChI=1S/C8H14N4OS/c1-5(2)4-12(3)7(13)6-10-11-8(9)14-6/h5H,4H2,1-3H3,(H2,9,11). The van der Waals surface area contributed by atoms with Crippen molar-refractivity contribution in [1.29, 1.82) is 0 Å². The Kier molecular flexibility index (Phi) is 3.40. The third kappa shape index (κ3) is 2.66. The Labute approximate surface area is 86.9 Å². The van der Waals surface area contributed by atoms with Crippen LogP contribution in [0.1, 0.15) is 23.6 Å². The molecule has 0 aliphatic carbocycles. The summed E-state index contributed by atoms with van der Waals surface area (Å²) in [5.74, 6) is 0.321. The van der Waals surface area contributed by atoms with E-state index in [1.165, 1.54) is 0 Å². The minimum Gasteiger partial charge on any atom is -0.374 e. The highest BCUT2D eigenvalue weighted by Crippen LogP contribution is 2.13. The summed E-state index contributed by atoms with van der Waals surface area (Å²) < 4.78 is 0.